The third-order valence-corrected chi connectivity index (χ3v) is 7.50. The number of halogens is 9. The van der Waals surface area contributed by atoms with Gasteiger partial charge in [0.15, 0.2) is 0 Å². The monoisotopic (exact) mass is 367 g/mol. The molecule has 0 aromatic rings. The Hall–Kier alpha value is -0.450. The lowest BCUT2D eigenvalue weighted by Gasteiger charge is -2.48. The molecule has 0 spiro atoms. The van der Waals surface area contributed by atoms with Crippen LogP contribution in [0.25, 0.3) is 0 Å². The molecule has 1 nitrogen and oxygen atoms in total. The highest BCUT2D eigenvalue weighted by molar-refractivity contribution is 8.43. The van der Waals surface area contributed by atoms with Crippen LogP contribution in [0.15, 0.2) is 0 Å². The van der Waals surface area contributed by atoms with Crippen molar-refractivity contribution in [3.8, 4) is 0 Å². The smallest absolute Gasteiger partial charge is 0.278 e. The van der Waals surface area contributed by atoms with Gasteiger partial charge in [-0.15, -0.1) is 0 Å². The molecule has 0 saturated heterocycles. The number of hydrogen-bond acceptors (Lipinski definition) is 1. The van der Waals surface area contributed by atoms with E-state index in [0.717, 1.165) is 0 Å². The van der Waals surface area contributed by atoms with Gasteiger partial charge in [-0.05, 0) is 32.4 Å². The van der Waals surface area contributed by atoms with Crippen molar-refractivity contribution in [2.75, 3.05) is 32.4 Å². The van der Waals surface area contributed by atoms with Crippen molar-refractivity contribution in [2.45, 2.75) is 30.4 Å². The molecule has 0 radical (unpaired) electrons. The summed E-state index contributed by atoms with van der Waals surface area (Å²) >= 11 is 0. The van der Waals surface area contributed by atoms with Crippen LogP contribution in [-0.4, -0.2) is 66.5 Å². The molecule has 136 valence electrons. The van der Waals surface area contributed by atoms with E-state index in [-0.39, 0.29) is 0 Å². The van der Waals surface area contributed by atoms with Crippen LogP contribution in [0.1, 0.15) is 6.42 Å². The molecule has 0 amide bonds. The Kier molecular flexibility index (Phi) is 5.18. The van der Waals surface area contributed by atoms with Crippen LogP contribution in [0.2, 0.25) is 0 Å². The molecule has 0 N–H and O–H groups in total. The lowest BCUT2D eigenvalue weighted by molar-refractivity contribution is -0.396. The maximum absolute atomic E-state index is 13.4. The first kappa shape index (κ1) is 21.6. The molecular formula is C11H18F9NS. The molecule has 0 rings (SSSR count). The number of nitrogens with zero attached hydrogens (tertiary/aromatic N) is 1. The first-order chi connectivity index (χ1) is 9.17. The largest absolute Gasteiger partial charge is 0.460 e. The average Bonchev–Trinajstić information content (AvgIpc) is 2.24. The zero-order chi connectivity index (χ0) is 18.4. The quantitative estimate of drug-likeness (QED) is 0.498. The Morgan fingerprint density at radius 1 is 0.818 bits per heavy atom. The van der Waals surface area contributed by atoms with Gasteiger partial charge in [0.1, 0.15) is 0 Å². The Morgan fingerprint density at radius 3 is 1.45 bits per heavy atom. The van der Waals surface area contributed by atoms with E-state index in [2.05, 4.69) is 5.87 Å². The second-order valence-electron chi connectivity index (χ2n) is 6.01. The maximum atomic E-state index is 13.4. The Morgan fingerprint density at radius 2 is 1.18 bits per heavy atom. The van der Waals surface area contributed by atoms with Gasteiger partial charge in [-0.1, -0.05) is 5.87 Å². The molecule has 0 saturated carbocycles. The third kappa shape index (κ3) is 3.72. The molecule has 0 bridgehead atoms. The summed E-state index contributed by atoms with van der Waals surface area (Å²) in [6, 6.07) is 0. The van der Waals surface area contributed by atoms with Crippen LogP contribution < -0.4 is 0 Å². The predicted molar refractivity (Wildman–Crippen MR) is 70.6 cm³/mol. The van der Waals surface area contributed by atoms with Crippen LogP contribution >= 0.6 is 8.94 Å². The molecule has 0 fully saturated rings. The molecule has 0 aliphatic carbocycles. The van der Waals surface area contributed by atoms with Crippen molar-refractivity contribution in [1.29, 1.82) is 0 Å². The van der Waals surface area contributed by atoms with Gasteiger partial charge in [-0.2, -0.15) is 39.5 Å². The van der Waals surface area contributed by atoms with E-state index in [1.807, 2.05) is 0 Å². The molecular weight excluding hydrogens is 349 g/mol. The zero-order valence-corrected chi connectivity index (χ0v) is 13.2. The number of hydrogen-bond donors (Lipinski definition) is 0. The van der Waals surface area contributed by atoms with Gasteiger partial charge in [-0.25, -0.2) is 8.94 Å². The molecule has 0 aliphatic rings. The second kappa shape index (κ2) is 5.29. The second-order valence-corrected chi connectivity index (χ2v) is 11.9. The predicted octanol–water partition coefficient (Wildman–Crippen LogP) is 4.35. The molecule has 11 heteroatoms. The molecule has 22 heavy (non-hydrogen) atoms. The van der Waals surface area contributed by atoms with E-state index in [0.29, 0.717) is 0 Å². The highest BCUT2D eigenvalue weighted by Gasteiger charge is 2.81. The van der Waals surface area contributed by atoms with E-state index < -0.39 is 45.1 Å². The highest BCUT2D eigenvalue weighted by Crippen LogP contribution is 2.57. The number of rotatable bonds is 6. The summed E-state index contributed by atoms with van der Waals surface area (Å²) in [5.74, 6) is -16.0. The number of alkyl halides is 9. The fourth-order valence-electron chi connectivity index (χ4n) is 1.20. The third-order valence-electron chi connectivity index (χ3n) is 3.52. The molecule has 0 unspecified atom stereocenters. The minimum atomic E-state index is -6.84. The van der Waals surface area contributed by atoms with Crippen molar-refractivity contribution < 1.29 is 39.5 Å². The molecule has 0 aromatic carbocycles. The Bertz CT molecular complexity index is 472. The zero-order valence-electron chi connectivity index (χ0n) is 12.4. The maximum Gasteiger partial charge on any atom is 0.460 e. The van der Waals surface area contributed by atoms with E-state index in [9.17, 15) is 39.5 Å². The normalized spacial score (nSPS) is 17.5. The summed E-state index contributed by atoms with van der Waals surface area (Å²) in [4.78, 5) is 0. The van der Waals surface area contributed by atoms with E-state index in [1.54, 1.807) is 0 Å². The van der Waals surface area contributed by atoms with Gasteiger partial charge < -0.3 is 0 Å². The summed E-state index contributed by atoms with van der Waals surface area (Å²) in [7, 11) is -0.190. The van der Waals surface area contributed by atoms with Gasteiger partial charge in [0, 0.05) is 6.42 Å². The van der Waals surface area contributed by atoms with Crippen LogP contribution in [-0.2, 0) is 0 Å². The highest BCUT2D eigenvalue weighted by atomic mass is 32.3. The van der Waals surface area contributed by atoms with Crippen LogP contribution in [0.5, 0.6) is 0 Å². The lowest BCUT2D eigenvalue weighted by Crippen LogP contribution is -2.61. The Balaban J connectivity index is 5.55. The van der Waals surface area contributed by atoms with Crippen molar-refractivity contribution in [1.82, 2.24) is 4.31 Å². The average molecular weight is 367 g/mol. The summed E-state index contributed by atoms with van der Waals surface area (Å²) in [5, 5.41) is 0. The lowest BCUT2D eigenvalue weighted by atomic mass is 10.0. The SMILES string of the molecule is C=S(C)(C)(CCC(F)(F)C(F)(F)C(F)(F)C(F)(F)F)N(C)C. The standard InChI is InChI=1S/C11H18F9NS/c1-21(2)22(3,4,5)7-6-8(12,13)9(14,15)10(16,17)11(18,19)20/h3,6-7H2,1-2,4-5H3. The molecule has 0 aromatic heterocycles. The minimum Gasteiger partial charge on any atom is -0.278 e. The summed E-state index contributed by atoms with van der Waals surface area (Å²) in [5.41, 5.74) is 0. The van der Waals surface area contributed by atoms with Crippen molar-refractivity contribution in [2.24, 2.45) is 0 Å². The first-order valence-electron chi connectivity index (χ1n) is 5.78. The summed E-state index contributed by atoms with van der Waals surface area (Å²) in [6.45, 7) is 0. The Labute approximate surface area is 122 Å². The fourth-order valence-corrected chi connectivity index (χ4v) is 2.46. The van der Waals surface area contributed by atoms with Crippen LogP contribution in [0, 0.1) is 0 Å². The topological polar surface area (TPSA) is 3.24 Å². The van der Waals surface area contributed by atoms with Gasteiger partial charge in [0.2, 0.25) is 0 Å². The fraction of sp³-hybridized carbons (Fsp3) is 0.909. The van der Waals surface area contributed by atoms with Crippen molar-refractivity contribution in [3.63, 3.8) is 0 Å². The van der Waals surface area contributed by atoms with E-state index in [4.69, 9.17) is 0 Å². The van der Waals surface area contributed by atoms with Gasteiger partial charge in [0.25, 0.3) is 0 Å². The van der Waals surface area contributed by atoms with Crippen LogP contribution in [0.4, 0.5) is 39.5 Å². The summed E-state index contributed by atoms with van der Waals surface area (Å²) in [6.07, 6.45) is -5.86. The van der Waals surface area contributed by atoms with Gasteiger partial charge >= 0.3 is 23.9 Å². The molecule has 0 atom stereocenters. The molecule has 0 aliphatic heterocycles. The molecule has 0 heterocycles. The van der Waals surface area contributed by atoms with Gasteiger partial charge in [0.05, 0.1) is 0 Å². The van der Waals surface area contributed by atoms with Gasteiger partial charge in [-0.3, -0.25) is 4.31 Å². The van der Waals surface area contributed by atoms with Crippen LogP contribution in [0.3, 0.4) is 0 Å². The van der Waals surface area contributed by atoms with Crippen molar-refractivity contribution >= 4 is 14.8 Å². The minimum absolute atomic E-state index is 0.735. The summed E-state index contributed by atoms with van der Waals surface area (Å²) < 4.78 is 116. The first-order valence-corrected chi connectivity index (χ1v) is 8.93. The van der Waals surface area contributed by atoms with E-state index >= 15 is 0 Å². The van der Waals surface area contributed by atoms with E-state index in [1.165, 1.54) is 30.9 Å². The van der Waals surface area contributed by atoms with Crippen molar-refractivity contribution in [3.05, 3.63) is 0 Å².